The van der Waals surface area contributed by atoms with Crippen LogP contribution in [0.25, 0.3) is 11.4 Å². The molecule has 16 heavy (non-hydrogen) atoms. The maximum absolute atomic E-state index is 10.9. The van der Waals surface area contributed by atoms with Crippen LogP contribution in [0.4, 0.5) is 5.69 Å². The summed E-state index contributed by atoms with van der Waals surface area (Å²) in [4.78, 5) is 14.5. The van der Waals surface area contributed by atoms with Gasteiger partial charge in [0.05, 0.1) is 16.5 Å². The molecule has 0 saturated carbocycles. The normalized spacial score (nSPS) is 10.3. The lowest BCUT2D eigenvalue weighted by Gasteiger charge is -2.04. The first-order valence-corrected chi connectivity index (χ1v) is 5.08. The molecular weight excluding hydrogens is 230 g/mol. The van der Waals surface area contributed by atoms with Crippen molar-refractivity contribution in [3.63, 3.8) is 0 Å². The summed E-state index contributed by atoms with van der Waals surface area (Å²) in [7, 11) is 0. The molecular formula is C10H8ClN3O2. The maximum Gasteiger partial charge on any atom is 0.280 e. The molecule has 1 aromatic heterocycles. The Kier molecular flexibility index (Phi) is 2.87. The van der Waals surface area contributed by atoms with Crippen LogP contribution in [0.5, 0.6) is 0 Å². The quantitative estimate of drug-likeness (QED) is 0.468. The Morgan fingerprint density at radius 2 is 2.19 bits per heavy atom. The Morgan fingerprint density at radius 1 is 1.44 bits per heavy atom. The molecule has 0 aliphatic rings. The Balaban J connectivity index is 2.60. The van der Waals surface area contributed by atoms with Gasteiger partial charge in [-0.15, -0.1) is 11.6 Å². The van der Waals surface area contributed by atoms with E-state index in [1.165, 1.54) is 6.07 Å². The fraction of sp³-hybridized carbons (Fsp3) is 0.100. The summed E-state index contributed by atoms with van der Waals surface area (Å²) in [6, 6.07) is 6.67. The molecule has 0 saturated heterocycles. The van der Waals surface area contributed by atoms with E-state index in [-0.39, 0.29) is 11.7 Å². The third-order valence-corrected chi connectivity index (χ3v) is 2.44. The first-order chi connectivity index (χ1) is 7.74. The minimum Gasteiger partial charge on any atom is -0.317 e. The van der Waals surface area contributed by atoms with Crippen molar-refractivity contribution in [1.82, 2.24) is 9.55 Å². The number of benzene rings is 1. The van der Waals surface area contributed by atoms with Crippen molar-refractivity contribution < 1.29 is 4.92 Å². The van der Waals surface area contributed by atoms with Crippen molar-refractivity contribution in [2.45, 2.75) is 6.00 Å². The zero-order chi connectivity index (χ0) is 11.5. The molecule has 0 bridgehead atoms. The second kappa shape index (κ2) is 4.32. The number of imidazole rings is 1. The van der Waals surface area contributed by atoms with Gasteiger partial charge in [-0.25, -0.2) is 4.98 Å². The summed E-state index contributed by atoms with van der Waals surface area (Å²) in [5, 5.41) is 10.9. The van der Waals surface area contributed by atoms with E-state index < -0.39 is 4.92 Å². The van der Waals surface area contributed by atoms with Crippen molar-refractivity contribution >= 4 is 17.3 Å². The predicted octanol–water partition coefficient (Wildman–Crippen LogP) is 2.65. The highest BCUT2D eigenvalue weighted by molar-refractivity contribution is 6.15. The number of hydrogen-bond acceptors (Lipinski definition) is 3. The average molecular weight is 238 g/mol. The number of alkyl halides is 1. The van der Waals surface area contributed by atoms with Crippen LogP contribution in [0.15, 0.2) is 36.7 Å². The van der Waals surface area contributed by atoms with Crippen LogP contribution in [-0.4, -0.2) is 14.5 Å². The van der Waals surface area contributed by atoms with Gasteiger partial charge in [0.25, 0.3) is 5.69 Å². The number of nitro groups is 1. The predicted molar refractivity (Wildman–Crippen MR) is 60.2 cm³/mol. The van der Waals surface area contributed by atoms with Gasteiger partial charge in [-0.2, -0.15) is 0 Å². The summed E-state index contributed by atoms with van der Waals surface area (Å²) in [5.74, 6) is 0.502. The van der Waals surface area contributed by atoms with Crippen LogP contribution in [0, 0.1) is 10.1 Å². The zero-order valence-electron chi connectivity index (χ0n) is 8.21. The lowest BCUT2D eigenvalue weighted by molar-refractivity contribution is -0.384. The van der Waals surface area contributed by atoms with Gasteiger partial charge in [0, 0.05) is 18.5 Å². The molecule has 0 aliphatic heterocycles. The highest BCUT2D eigenvalue weighted by Crippen LogP contribution is 2.28. The Bertz CT molecular complexity index is 524. The number of halogens is 1. The largest absolute Gasteiger partial charge is 0.317 e. The van der Waals surface area contributed by atoms with Gasteiger partial charge >= 0.3 is 0 Å². The number of para-hydroxylation sites is 1. The van der Waals surface area contributed by atoms with Crippen molar-refractivity contribution in [1.29, 1.82) is 0 Å². The van der Waals surface area contributed by atoms with Gasteiger partial charge in [-0.05, 0) is 6.07 Å². The maximum atomic E-state index is 10.9. The van der Waals surface area contributed by atoms with E-state index in [0.717, 1.165) is 0 Å². The smallest absolute Gasteiger partial charge is 0.280 e. The molecule has 0 fully saturated rings. The van der Waals surface area contributed by atoms with Crippen molar-refractivity contribution in [3.05, 3.63) is 46.8 Å². The monoisotopic (exact) mass is 237 g/mol. The second-order valence-electron chi connectivity index (χ2n) is 3.11. The van der Waals surface area contributed by atoms with Crippen LogP contribution in [0.1, 0.15) is 0 Å². The van der Waals surface area contributed by atoms with Crippen LogP contribution in [0.3, 0.4) is 0 Å². The number of nitrogens with zero attached hydrogens (tertiary/aromatic N) is 3. The molecule has 6 heteroatoms. The molecule has 2 aromatic rings. The molecule has 82 valence electrons. The van der Waals surface area contributed by atoms with Crippen LogP contribution in [-0.2, 0) is 6.00 Å². The number of aromatic nitrogens is 2. The van der Waals surface area contributed by atoms with Gasteiger partial charge in [0.2, 0.25) is 0 Å². The van der Waals surface area contributed by atoms with Crippen LogP contribution in [0.2, 0.25) is 0 Å². The Morgan fingerprint density at radius 3 is 2.88 bits per heavy atom. The molecule has 0 N–H and O–H groups in total. The van der Waals surface area contributed by atoms with Gasteiger partial charge in [-0.1, -0.05) is 12.1 Å². The first-order valence-electron chi connectivity index (χ1n) is 4.55. The van der Waals surface area contributed by atoms with E-state index in [9.17, 15) is 10.1 Å². The summed E-state index contributed by atoms with van der Waals surface area (Å²) >= 11 is 5.71. The van der Waals surface area contributed by atoms with Crippen LogP contribution < -0.4 is 0 Å². The van der Waals surface area contributed by atoms with Crippen LogP contribution >= 0.6 is 11.6 Å². The molecule has 0 aliphatic carbocycles. The van der Waals surface area contributed by atoms with Crippen molar-refractivity contribution in [3.8, 4) is 11.4 Å². The molecule has 1 aromatic carbocycles. The van der Waals surface area contributed by atoms with E-state index >= 15 is 0 Å². The molecule has 0 atom stereocenters. The Hall–Kier alpha value is -1.88. The average Bonchev–Trinajstić information content (AvgIpc) is 2.76. The standard InChI is InChI=1S/C10H8ClN3O2/c11-7-13-6-5-12-10(13)8-3-1-2-4-9(8)14(15)16/h1-6H,7H2. The SMILES string of the molecule is O=[N+]([O-])c1ccccc1-c1nccn1CCl. The van der Waals surface area contributed by atoms with E-state index in [0.29, 0.717) is 11.4 Å². The number of hydrogen-bond donors (Lipinski definition) is 0. The van der Waals surface area contributed by atoms with E-state index in [2.05, 4.69) is 4.98 Å². The van der Waals surface area contributed by atoms with E-state index in [1.54, 1.807) is 35.2 Å². The highest BCUT2D eigenvalue weighted by Gasteiger charge is 2.17. The summed E-state index contributed by atoms with van der Waals surface area (Å²) in [6.07, 6.45) is 3.24. The summed E-state index contributed by atoms with van der Waals surface area (Å²) in [5.41, 5.74) is 0.498. The molecule has 0 radical (unpaired) electrons. The van der Waals surface area contributed by atoms with Gasteiger partial charge in [0.1, 0.15) is 5.82 Å². The summed E-state index contributed by atoms with van der Waals surface area (Å²) < 4.78 is 1.64. The van der Waals surface area contributed by atoms with Crippen molar-refractivity contribution in [2.75, 3.05) is 0 Å². The number of nitro benzene ring substituents is 1. The minimum absolute atomic E-state index is 0.0278. The highest BCUT2D eigenvalue weighted by atomic mass is 35.5. The fourth-order valence-electron chi connectivity index (χ4n) is 1.47. The third kappa shape index (κ3) is 1.77. The van der Waals surface area contributed by atoms with Gasteiger partial charge in [0.15, 0.2) is 0 Å². The molecule has 0 unspecified atom stereocenters. The second-order valence-corrected chi connectivity index (χ2v) is 3.35. The molecule has 1 heterocycles. The summed E-state index contributed by atoms with van der Waals surface area (Å²) in [6.45, 7) is 0. The molecule has 5 nitrogen and oxygen atoms in total. The number of rotatable bonds is 3. The minimum atomic E-state index is -0.428. The van der Waals surface area contributed by atoms with Crippen molar-refractivity contribution in [2.24, 2.45) is 0 Å². The molecule has 0 amide bonds. The lowest BCUT2D eigenvalue weighted by Crippen LogP contribution is -1.98. The molecule has 0 spiro atoms. The third-order valence-electron chi connectivity index (χ3n) is 2.19. The molecule has 2 rings (SSSR count). The fourth-order valence-corrected chi connectivity index (χ4v) is 1.66. The van der Waals surface area contributed by atoms with E-state index in [4.69, 9.17) is 11.6 Å². The van der Waals surface area contributed by atoms with E-state index in [1.807, 2.05) is 0 Å². The van der Waals surface area contributed by atoms with Gasteiger partial charge in [-0.3, -0.25) is 10.1 Å². The zero-order valence-corrected chi connectivity index (χ0v) is 8.96. The Labute approximate surface area is 96.4 Å². The topological polar surface area (TPSA) is 61.0 Å². The lowest BCUT2D eigenvalue weighted by atomic mass is 10.1. The first kappa shape index (κ1) is 10.6. The van der Waals surface area contributed by atoms with Gasteiger partial charge < -0.3 is 4.57 Å².